The zero-order chi connectivity index (χ0) is 14.6. The number of hydrogen-bond acceptors (Lipinski definition) is 1. The average molecular weight is 318 g/mol. The van der Waals surface area contributed by atoms with E-state index in [2.05, 4.69) is 0 Å². The molecule has 0 radical (unpaired) electrons. The molecule has 0 amide bonds. The summed E-state index contributed by atoms with van der Waals surface area (Å²) in [5.74, 6) is -0.112. The molecule has 0 aliphatic rings. The molecule has 0 heterocycles. The van der Waals surface area contributed by atoms with E-state index in [9.17, 15) is 12.9 Å². The van der Waals surface area contributed by atoms with E-state index in [-0.39, 0.29) is 63.7 Å². The van der Waals surface area contributed by atoms with Crippen LogP contribution in [0.3, 0.4) is 0 Å². The van der Waals surface area contributed by atoms with Gasteiger partial charge in [0.25, 0.3) is 0 Å². The van der Waals surface area contributed by atoms with E-state index in [1.807, 2.05) is 31.2 Å². The third-order valence-electron chi connectivity index (χ3n) is 3.10. The summed E-state index contributed by atoms with van der Waals surface area (Å²) >= 11 is 0. The zero-order valence-corrected chi connectivity index (χ0v) is 15.3. The summed E-state index contributed by atoms with van der Waals surface area (Å²) in [5.41, 5.74) is 1.36. The van der Waals surface area contributed by atoms with Gasteiger partial charge in [-0.25, -0.2) is 0 Å². The van der Waals surface area contributed by atoms with Gasteiger partial charge in [0.15, 0.2) is 0 Å². The van der Waals surface area contributed by atoms with E-state index in [0.717, 1.165) is 18.1 Å². The summed E-state index contributed by atoms with van der Waals surface area (Å²) < 4.78 is 43.9. The van der Waals surface area contributed by atoms with Crippen molar-refractivity contribution in [2.45, 2.75) is 20.0 Å². The molecule has 0 aliphatic heterocycles. The van der Waals surface area contributed by atoms with Crippen LogP contribution in [0, 0.1) is 0 Å². The van der Waals surface area contributed by atoms with E-state index in [1.54, 1.807) is 6.07 Å². The number of ether oxygens (including phenoxy) is 1. The molecule has 1 nitrogen and oxygen atoms in total. The van der Waals surface area contributed by atoms with Crippen molar-refractivity contribution in [2.24, 2.45) is 0 Å². The van der Waals surface area contributed by atoms with Crippen molar-refractivity contribution in [1.29, 1.82) is 0 Å². The number of rotatable bonds is 5. The summed E-state index contributed by atoms with van der Waals surface area (Å²) in [6, 6.07) is 13.0. The van der Waals surface area contributed by atoms with Gasteiger partial charge in [-0.15, -0.1) is 0 Å². The predicted molar refractivity (Wildman–Crippen MR) is 75.3 cm³/mol. The Morgan fingerprint density at radius 1 is 0.905 bits per heavy atom. The fourth-order valence-electron chi connectivity index (χ4n) is 1.91. The Labute approximate surface area is 165 Å². The minimum absolute atomic E-state index is 0. The maximum Gasteiger partial charge on any atom is 1.00 e. The third-order valence-corrected chi connectivity index (χ3v) is 3.10. The van der Waals surface area contributed by atoms with Crippen molar-refractivity contribution in [3.05, 3.63) is 59.7 Å². The van der Waals surface area contributed by atoms with E-state index in [0.29, 0.717) is 0 Å². The van der Waals surface area contributed by atoms with Gasteiger partial charge in [0.05, 0.1) is 5.75 Å². The zero-order valence-electron chi connectivity index (χ0n) is 12.2. The molecule has 106 valence electrons. The van der Waals surface area contributed by atoms with Crippen LogP contribution < -0.4 is 61.6 Å². The predicted octanol–water partition coefficient (Wildman–Crippen LogP) is 0.886. The van der Waals surface area contributed by atoms with Crippen LogP contribution in [-0.4, -0.2) is 6.98 Å². The summed E-state index contributed by atoms with van der Waals surface area (Å²) in [5, 5.41) is 0. The molecule has 0 aromatic heterocycles. The first-order valence-electron chi connectivity index (χ1n) is 6.50. The van der Waals surface area contributed by atoms with Crippen LogP contribution in [0.25, 0.3) is 0 Å². The molecule has 2 aromatic rings. The monoisotopic (exact) mass is 318 g/mol. The van der Waals surface area contributed by atoms with Crippen molar-refractivity contribution in [3.8, 4) is 5.75 Å². The topological polar surface area (TPSA) is 9.23 Å². The Morgan fingerprint density at radius 3 is 2.05 bits per heavy atom. The first-order valence-corrected chi connectivity index (χ1v) is 6.50. The van der Waals surface area contributed by atoms with Crippen LogP contribution >= 0.6 is 0 Å². The van der Waals surface area contributed by atoms with Gasteiger partial charge in [0, 0.05) is 0 Å². The van der Waals surface area contributed by atoms with E-state index in [4.69, 9.17) is 4.74 Å². The van der Waals surface area contributed by atoms with Crippen LogP contribution in [0.5, 0.6) is 5.75 Å². The first-order chi connectivity index (χ1) is 9.50. The largest absolute Gasteiger partial charge is 1.00 e. The number of para-hydroxylation sites is 1. The molecule has 0 saturated carbocycles. The Morgan fingerprint density at radius 2 is 1.48 bits per heavy atom. The third kappa shape index (κ3) is 5.45. The molecule has 0 atom stereocenters. The van der Waals surface area contributed by atoms with Crippen LogP contribution in [0.15, 0.2) is 48.5 Å². The minimum atomic E-state index is -5.06. The van der Waals surface area contributed by atoms with Crippen LogP contribution in [0.1, 0.15) is 18.1 Å². The second kappa shape index (κ2) is 8.39. The van der Waals surface area contributed by atoms with Crippen molar-refractivity contribution in [1.82, 2.24) is 0 Å². The summed E-state index contributed by atoms with van der Waals surface area (Å²) in [7, 11) is 0. The molecular formula is C15H15BF3KO. The molecule has 2 aromatic carbocycles. The van der Waals surface area contributed by atoms with Crippen molar-refractivity contribution >= 4 is 12.4 Å². The molecule has 0 bridgehead atoms. The smallest absolute Gasteiger partial charge is 0.492 e. The second-order valence-electron chi connectivity index (χ2n) is 4.57. The van der Waals surface area contributed by atoms with Crippen LogP contribution in [0.2, 0.25) is 0 Å². The van der Waals surface area contributed by atoms with Gasteiger partial charge >= 0.3 is 58.4 Å². The molecule has 6 heteroatoms. The van der Waals surface area contributed by atoms with Crippen molar-refractivity contribution in [3.63, 3.8) is 0 Å². The van der Waals surface area contributed by atoms with Crippen molar-refractivity contribution in [2.75, 3.05) is 0 Å². The Kier molecular flexibility index (Phi) is 7.50. The minimum Gasteiger partial charge on any atom is -0.492 e. The number of halogens is 3. The molecule has 0 aliphatic carbocycles. The summed E-state index contributed by atoms with van der Waals surface area (Å²) in [6.45, 7) is -2.87. The molecule has 0 unspecified atom stereocenters. The fraction of sp³-hybridized carbons (Fsp3) is 0.200. The normalized spacial score (nSPS) is 10.9. The molecular weight excluding hydrogens is 303 g/mol. The number of benzene rings is 2. The van der Waals surface area contributed by atoms with E-state index < -0.39 is 12.4 Å². The average Bonchev–Trinajstić information content (AvgIpc) is 2.45. The number of aryl methyl sites for hydroxylation is 1. The molecule has 21 heavy (non-hydrogen) atoms. The van der Waals surface area contributed by atoms with Gasteiger partial charge in [-0.05, 0) is 23.6 Å². The Hall–Kier alpha value is -0.269. The summed E-state index contributed by atoms with van der Waals surface area (Å²) in [6.07, 6.45) is 0.931. The van der Waals surface area contributed by atoms with Crippen molar-refractivity contribution < 1.29 is 69.1 Å². The van der Waals surface area contributed by atoms with Gasteiger partial charge in [0.1, 0.15) is 6.61 Å². The Balaban J connectivity index is 0.00000220. The standard InChI is InChI=1S/C15H15BF3O.K/c1-2-12-7-9-13(10-8-12)11-20-15-6-4-3-5-14(15)16(17,18)19;/h3-10H,2,11H2,1H3;/q-1;+1. The Bertz CT molecular complexity index is 570. The SMILES string of the molecule is CCc1ccc(COc2ccccc2[B-](F)(F)F)cc1.[K+]. The van der Waals surface area contributed by atoms with E-state index >= 15 is 0 Å². The maximum absolute atomic E-state index is 12.9. The fourth-order valence-corrected chi connectivity index (χ4v) is 1.91. The maximum atomic E-state index is 12.9. The summed E-state index contributed by atoms with van der Waals surface area (Å²) in [4.78, 5) is 0. The molecule has 2 rings (SSSR count). The van der Waals surface area contributed by atoms with Gasteiger partial charge in [-0.2, -0.15) is 0 Å². The van der Waals surface area contributed by atoms with Gasteiger partial charge < -0.3 is 17.7 Å². The molecule has 0 N–H and O–H groups in total. The molecule has 0 spiro atoms. The number of hydrogen-bond donors (Lipinski definition) is 0. The molecule has 0 saturated heterocycles. The van der Waals surface area contributed by atoms with Crippen LogP contribution in [0.4, 0.5) is 12.9 Å². The van der Waals surface area contributed by atoms with Gasteiger partial charge in [-0.3, -0.25) is 0 Å². The van der Waals surface area contributed by atoms with E-state index in [1.165, 1.54) is 17.7 Å². The second-order valence-corrected chi connectivity index (χ2v) is 4.57. The quantitative estimate of drug-likeness (QED) is 0.744. The van der Waals surface area contributed by atoms with Gasteiger partial charge in [-0.1, -0.05) is 54.9 Å². The molecule has 0 fully saturated rings. The van der Waals surface area contributed by atoms with Gasteiger partial charge in [0.2, 0.25) is 0 Å². The van der Waals surface area contributed by atoms with Crippen LogP contribution in [-0.2, 0) is 13.0 Å². The first kappa shape index (κ1) is 18.8.